The van der Waals surface area contributed by atoms with Crippen molar-refractivity contribution < 1.29 is 14.6 Å². The number of nitrogens with zero attached hydrogens (tertiary/aromatic N) is 1. The van der Waals surface area contributed by atoms with E-state index in [0.29, 0.717) is 6.61 Å². The van der Waals surface area contributed by atoms with E-state index in [-0.39, 0.29) is 18.1 Å². The van der Waals surface area contributed by atoms with Gasteiger partial charge >= 0.3 is 6.09 Å². The zero-order chi connectivity index (χ0) is 15.1. The summed E-state index contributed by atoms with van der Waals surface area (Å²) in [5.74, 6) is 0. The molecule has 0 unspecified atom stereocenters. The largest absolute Gasteiger partial charge is 0.445 e. The van der Waals surface area contributed by atoms with Gasteiger partial charge in [-0.1, -0.05) is 37.3 Å². The molecule has 116 valence electrons. The molecule has 0 atom stereocenters. The molecule has 1 N–H and O–H groups in total. The van der Waals surface area contributed by atoms with Crippen LogP contribution in [0.1, 0.15) is 38.2 Å². The molecule has 0 aliphatic carbocycles. The average molecular weight is 291 g/mol. The number of carbonyl (C=O) groups excluding carboxylic acids is 1. The van der Waals surface area contributed by atoms with E-state index in [0.717, 1.165) is 44.3 Å². The standard InChI is InChI=1S/C17H25NO3/c1-17(8-5-13-19)9-11-18(12-10-17)16(20)21-14-15-6-3-2-4-7-15/h2-4,6-7,19H,5,8-14H2,1H3. The van der Waals surface area contributed by atoms with Gasteiger partial charge in [0.25, 0.3) is 0 Å². The highest BCUT2D eigenvalue weighted by atomic mass is 16.6. The smallest absolute Gasteiger partial charge is 0.410 e. The van der Waals surface area contributed by atoms with Gasteiger partial charge in [-0.15, -0.1) is 0 Å². The average Bonchev–Trinajstić information content (AvgIpc) is 2.52. The van der Waals surface area contributed by atoms with Crippen LogP contribution in [0.15, 0.2) is 30.3 Å². The predicted molar refractivity (Wildman–Crippen MR) is 81.9 cm³/mol. The molecule has 1 heterocycles. The van der Waals surface area contributed by atoms with Gasteiger partial charge in [0.2, 0.25) is 0 Å². The minimum atomic E-state index is -0.219. The first-order valence-electron chi connectivity index (χ1n) is 7.69. The number of benzene rings is 1. The number of likely N-dealkylation sites (tertiary alicyclic amines) is 1. The Labute approximate surface area is 126 Å². The molecule has 2 rings (SSSR count). The lowest BCUT2D eigenvalue weighted by Gasteiger charge is -2.39. The lowest BCUT2D eigenvalue weighted by molar-refractivity contribution is 0.0614. The molecule has 0 radical (unpaired) electrons. The number of carbonyl (C=O) groups is 1. The molecule has 0 spiro atoms. The maximum absolute atomic E-state index is 12.1. The van der Waals surface area contributed by atoms with E-state index in [9.17, 15) is 4.79 Å². The summed E-state index contributed by atoms with van der Waals surface area (Å²) in [6.45, 7) is 4.32. The molecule has 21 heavy (non-hydrogen) atoms. The van der Waals surface area contributed by atoms with Gasteiger partial charge in [0.05, 0.1) is 0 Å². The Morgan fingerprint density at radius 2 is 1.95 bits per heavy atom. The number of hydrogen-bond donors (Lipinski definition) is 1. The van der Waals surface area contributed by atoms with Crippen molar-refractivity contribution in [1.29, 1.82) is 0 Å². The number of hydrogen-bond acceptors (Lipinski definition) is 3. The SMILES string of the molecule is CC1(CCCO)CCN(C(=O)OCc2ccccc2)CC1. The summed E-state index contributed by atoms with van der Waals surface area (Å²) in [5.41, 5.74) is 1.26. The minimum absolute atomic E-state index is 0.219. The van der Waals surface area contributed by atoms with Crippen molar-refractivity contribution >= 4 is 6.09 Å². The zero-order valence-electron chi connectivity index (χ0n) is 12.8. The molecule has 1 amide bonds. The molecule has 1 aliphatic heterocycles. The number of aliphatic hydroxyl groups excluding tert-OH is 1. The molecule has 0 saturated carbocycles. The number of ether oxygens (including phenoxy) is 1. The van der Waals surface area contributed by atoms with Gasteiger partial charge < -0.3 is 14.7 Å². The second-order valence-corrected chi connectivity index (χ2v) is 6.17. The highest BCUT2D eigenvalue weighted by molar-refractivity contribution is 5.67. The minimum Gasteiger partial charge on any atom is -0.445 e. The molecular formula is C17H25NO3. The maximum atomic E-state index is 12.1. The monoisotopic (exact) mass is 291 g/mol. The van der Waals surface area contributed by atoms with E-state index >= 15 is 0 Å². The van der Waals surface area contributed by atoms with E-state index in [1.807, 2.05) is 30.3 Å². The second-order valence-electron chi connectivity index (χ2n) is 6.17. The molecule has 1 aromatic carbocycles. The first-order chi connectivity index (χ1) is 10.1. The van der Waals surface area contributed by atoms with Crippen LogP contribution in [-0.2, 0) is 11.3 Å². The Balaban J connectivity index is 1.75. The fraction of sp³-hybridized carbons (Fsp3) is 0.588. The van der Waals surface area contributed by atoms with Gasteiger partial charge in [-0.25, -0.2) is 4.79 Å². The molecule has 0 aromatic heterocycles. The Morgan fingerprint density at radius 3 is 2.57 bits per heavy atom. The van der Waals surface area contributed by atoms with Crippen LogP contribution >= 0.6 is 0 Å². The topological polar surface area (TPSA) is 49.8 Å². The molecule has 0 bridgehead atoms. The Morgan fingerprint density at radius 1 is 1.29 bits per heavy atom. The Hall–Kier alpha value is -1.55. The predicted octanol–water partition coefficient (Wildman–Crippen LogP) is 3.20. The zero-order valence-corrected chi connectivity index (χ0v) is 12.8. The summed E-state index contributed by atoms with van der Waals surface area (Å²) >= 11 is 0. The van der Waals surface area contributed by atoms with Crippen molar-refractivity contribution in [1.82, 2.24) is 4.90 Å². The second kappa shape index (κ2) is 7.46. The molecule has 4 nitrogen and oxygen atoms in total. The van der Waals surface area contributed by atoms with Gasteiger partial charge in [0, 0.05) is 19.7 Å². The highest BCUT2D eigenvalue weighted by Gasteiger charge is 2.31. The van der Waals surface area contributed by atoms with Crippen molar-refractivity contribution in [2.24, 2.45) is 5.41 Å². The van der Waals surface area contributed by atoms with E-state index in [1.54, 1.807) is 4.90 Å². The number of piperidine rings is 1. The third kappa shape index (κ3) is 4.74. The number of rotatable bonds is 5. The van der Waals surface area contributed by atoms with Gasteiger partial charge in [0.15, 0.2) is 0 Å². The van der Waals surface area contributed by atoms with Crippen molar-refractivity contribution in [3.05, 3.63) is 35.9 Å². The van der Waals surface area contributed by atoms with Crippen molar-refractivity contribution in [3.63, 3.8) is 0 Å². The Bertz CT molecular complexity index is 439. The van der Waals surface area contributed by atoms with Crippen LogP contribution in [-0.4, -0.2) is 35.8 Å². The van der Waals surface area contributed by atoms with E-state index in [2.05, 4.69) is 6.92 Å². The van der Waals surface area contributed by atoms with Crippen LogP contribution in [0.3, 0.4) is 0 Å². The Kier molecular flexibility index (Phi) is 5.62. The first kappa shape index (κ1) is 15.8. The third-order valence-electron chi connectivity index (χ3n) is 4.37. The highest BCUT2D eigenvalue weighted by Crippen LogP contribution is 2.35. The van der Waals surface area contributed by atoms with Crippen LogP contribution in [0, 0.1) is 5.41 Å². The molecular weight excluding hydrogens is 266 g/mol. The molecule has 1 aliphatic rings. The molecule has 4 heteroatoms. The molecule has 1 fully saturated rings. The lowest BCUT2D eigenvalue weighted by Crippen LogP contribution is -2.42. The summed E-state index contributed by atoms with van der Waals surface area (Å²) in [4.78, 5) is 13.9. The summed E-state index contributed by atoms with van der Waals surface area (Å²) in [7, 11) is 0. The van der Waals surface area contributed by atoms with Crippen LogP contribution in [0.5, 0.6) is 0 Å². The summed E-state index contributed by atoms with van der Waals surface area (Å²) < 4.78 is 5.36. The molecule has 1 saturated heterocycles. The normalized spacial score (nSPS) is 17.5. The van der Waals surface area contributed by atoms with Gasteiger partial charge in [-0.3, -0.25) is 0 Å². The summed E-state index contributed by atoms with van der Waals surface area (Å²) in [6, 6.07) is 9.74. The number of aliphatic hydroxyl groups is 1. The van der Waals surface area contributed by atoms with E-state index in [1.165, 1.54) is 0 Å². The van der Waals surface area contributed by atoms with Gasteiger partial charge in [-0.2, -0.15) is 0 Å². The van der Waals surface area contributed by atoms with Crippen molar-refractivity contribution in [2.45, 2.75) is 39.2 Å². The van der Waals surface area contributed by atoms with Crippen LogP contribution in [0.25, 0.3) is 0 Å². The fourth-order valence-corrected chi connectivity index (χ4v) is 2.80. The van der Waals surface area contributed by atoms with Crippen LogP contribution in [0.4, 0.5) is 4.79 Å². The molecule has 1 aromatic rings. The summed E-state index contributed by atoms with van der Waals surface area (Å²) in [6.07, 6.45) is 3.61. The number of amides is 1. The maximum Gasteiger partial charge on any atom is 0.410 e. The van der Waals surface area contributed by atoms with Crippen molar-refractivity contribution in [3.8, 4) is 0 Å². The van der Waals surface area contributed by atoms with E-state index in [4.69, 9.17) is 9.84 Å². The van der Waals surface area contributed by atoms with E-state index < -0.39 is 0 Å². The van der Waals surface area contributed by atoms with Gasteiger partial charge in [0.1, 0.15) is 6.61 Å². The van der Waals surface area contributed by atoms with Gasteiger partial charge in [-0.05, 0) is 36.7 Å². The lowest BCUT2D eigenvalue weighted by atomic mass is 9.77. The fourth-order valence-electron chi connectivity index (χ4n) is 2.80. The first-order valence-corrected chi connectivity index (χ1v) is 7.69. The van der Waals surface area contributed by atoms with Crippen LogP contribution < -0.4 is 0 Å². The quantitative estimate of drug-likeness (QED) is 0.906. The third-order valence-corrected chi connectivity index (χ3v) is 4.37. The van der Waals surface area contributed by atoms with Crippen molar-refractivity contribution in [2.75, 3.05) is 19.7 Å². The van der Waals surface area contributed by atoms with Crippen LogP contribution in [0.2, 0.25) is 0 Å². The summed E-state index contributed by atoms with van der Waals surface area (Å²) in [5, 5.41) is 8.95.